The summed E-state index contributed by atoms with van der Waals surface area (Å²) < 4.78 is 6.84. The molecule has 1 atom stereocenters. The zero-order chi connectivity index (χ0) is 21.4. The van der Waals surface area contributed by atoms with E-state index >= 15 is 0 Å². The van der Waals surface area contributed by atoms with E-state index in [4.69, 9.17) is 0 Å². The van der Waals surface area contributed by atoms with Crippen molar-refractivity contribution < 1.29 is 0 Å². The summed E-state index contributed by atoms with van der Waals surface area (Å²) in [7, 11) is -0.0307. The minimum atomic E-state index is -2.42. The van der Waals surface area contributed by atoms with Gasteiger partial charge >= 0.3 is 189 Å². The van der Waals surface area contributed by atoms with E-state index in [1.165, 1.54) is 38.5 Å². The summed E-state index contributed by atoms with van der Waals surface area (Å²) in [5.41, 5.74) is 5.64. The minimum absolute atomic E-state index is 0.0307. The molecule has 1 unspecified atom stereocenters. The maximum atomic E-state index is 2.76. The van der Waals surface area contributed by atoms with Crippen LogP contribution >= 0.6 is 7.92 Å². The molecule has 0 aliphatic heterocycles. The van der Waals surface area contributed by atoms with E-state index in [1.54, 1.807) is 24.4 Å². The maximum absolute atomic E-state index is 2.76. The van der Waals surface area contributed by atoms with E-state index in [0.29, 0.717) is 0 Å². The first-order valence-electron chi connectivity index (χ1n) is 12.5. The van der Waals surface area contributed by atoms with E-state index in [-0.39, 0.29) is 7.92 Å². The van der Waals surface area contributed by atoms with Crippen molar-refractivity contribution >= 4 is 32.4 Å². The van der Waals surface area contributed by atoms with Gasteiger partial charge in [0.05, 0.1) is 0 Å². The fourth-order valence-electron chi connectivity index (χ4n) is 5.62. The van der Waals surface area contributed by atoms with Crippen LogP contribution in [0.5, 0.6) is 0 Å². The molecule has 2 heteroatoms. The van der Waals surface area contributed by atoms with Crippen LogP contribution in [-0.2, 0) is 0 Å². The summed E-state index contributed by atoms with van der Waals surface area (Å²) in [6.07, 6.45) is 11.2. The average molecular weight is 521 g/mol. The molecule has 1 aromatic rings. The van der Waals surface area contributed by atoms with Gasteiger partial charge in [0.15, 0.2) is 0 Å². The van der Waals surface area contributed by atoms with Gasteiger partial charge in [-0.2, -0.15) is 0 Å². The number of allylic oxidation sites excluding steroid dienone is 1. The molecule has 1 aromatic carbocycles. The van der Waals surface area contributed by atoms with Gasteiger partial charge in [0.2, 0.25) is 0 Å². The van der Waals surface area contributed by atoms with Crippen LogP contribution < -0.4 is 0 Å². The van der Waals surface area contributed by atoms with Gasteiger partial charge in [-0.3, -0.25) is 0 Å². The quantitative estimate of drug-likeness (QED) is 0.179. The van der Waals surface area contributed by atoms with Gasteiger partial charge in [-0.25, -0.2) is 0 Å². The number of rotatable bonds is 13. The van der Waals surface area contributed by atoms with E-state index < -0.39 is 18.4 Å². The van der Waals surface area contributed by atoms with Gasteiger partial charge < -0.3 is 0 Å². The first-order chi connectivity index (χ1) is 13.9. The predicted octanol–water partition coefficient (Wildman–Crippen LogP) is 9.81. The number of benzene rings is 1. The van der Waals surface area contributed by atoms with Crippen LogP contribution in [0.2, 0.25) is 13.3 Å². The molecule has 29 heavy (non-hydrogen) atoms. The molecule has 0 bridgehead atoms. The van der Waals surface area contributed by atoms with Gasteiger partial charge in [-0.1, -0.05) is 0 Å². The Morgan fingerprint density at radius 1 is 0.793 bits per heavy atom. The van der Waals surface area contributed by atoms with Gasteiger partial charge in [-0.05, 0) is 0 Å². The Hall–Kier alpha value is 0.189. The topological polar surface area (TPSA) is 0 Å². The molecule has 0 spiro atoms. The second kappa shape index (κ2) is 12.3. The summed E-state index contributed by atoms with van der Waals surface area (Å²) in [5, 5.41) is 0. The third-order valence-electron chi connectivity index (χ3n) is 7.03. The van der Waals surface area contributed by atoms with Crippen molar-refractivity contribution in [3.05, 3.63) is 39.0 Å². The van der Waals surface area contributed by atoms with Crippen molar-refractivity contribution in [1.29, 1.82) is 0 Å². The molecule has 0 fully saturated rings. The fourth-order valence-corrected chi connectivity index (χ4v) is 28.9. The molecule has 0 saturated heterocycles. The van der Waals surface area contributed by atoms with Crippen molar-refractivity contribution in [1.82, 2.24) is 0 Å². The summed E-state index contributed by atoms with van der Waals surface area (Å²) in [5.74, 6) is 0. The first-order valence-corrected chi connectivity index (χ1v) is 21.5. The van der Waals surface area contributed by atoms with Crippen molar-refractivity contribution in [2.45, 2.75) is 117 Å². The molecule has 0 nitrogen and oxygen atoms in total. The van der Waals surface area contributed by atoms with Crippen molar-refractivity contribution in [3.8, 4) is 0 Å². The molecule has 2 rings (SSSR count). The van der Waals surface area contributed by atoms with Gasteiger partial charge in [0.25, 0.3) is 0 Å². The van der Waals surface area contributed by atoms with E-state index in [9.17, 15) is 0 Å². The van der Waals surface area contributed by atoms with Crippen LogP contribution in [-0.4, -0.2) is 29.7 Å². The second-order valence-electron chi connectivity index (χ2n) is 9.86. The van der Waals surface area contributed by atoms with Gasteiger partial charge in [0, 0.05) is 0 Å². The normalized spacial score (nSPS) is 16.8. The van der Waals surface area contributed by atoms with E-state index in [0.717, 1.165) is 17.0 Å². The van der Waals surface area contributed by atoms with Crippen molar-refractivity contribution in [2.24, 2.45) is 0 Å². The van der Waals surface area contributed by atoms with Gasteiger partial charge in [0.1, 0.15) is 0 Å². The average Bonchev–Trinajstić information content (AvgIpc) is 3.07. The molecule has 0 N–H and O–H groups in total. The molecule has 1 aliphatic rings. The summed E-state index contributed by atoms with van der Waals surface area (Å²) in [6, 6.07) is 9.47. The Labute approximate surface area is 188 Å². The number of fused-ring (bicyclic) bond motifs is 1. The van der Waals surface area contributed by atoms with E-state index in [1.807, 2.05) is 3.59 Å². The molecule has 0 amide bonds. The van der Waals surface area contributed by atoms with Crippen LogP contribution in [0.3, 0.4) is 0 Å². The molecule has 164 valence electrons. The summed E-state index contributed by atoms with van der Waals surface area (Å²) >= 11 is -2.42. The molecule has 0 radical (unpaired) electrons. The molecular formula is C27H47PSn. The molecule has 0 aromatic heterocycles. The van der Waals surface area contributed by atoms with Crippen molar-refractivity contribution in [2.75, 3.05) is 0 Å². The molecular weight excluding hydrogens is 474 g/mol. The SMILES string of the molecule is CCC[CH2][Sn]([CH2]CCC)([CH2]CCC)[C]1=Cc2ccccc2C1P(C(C)C)C(C)C. The predicted molar refractivity (Wildman–Crippen MR) is 139 cm³/mol. The monoisotopic (exact) mass is 522 g/mol. The number of hydrogen-bond acceptors (Lipinski definition) is 0. The zero-order valence-electron chi connectivity index (χ0n) is 20.4. The van der Waals surface area contributed by atoms with Gasteiger partial charge in [-0.15, -0.1) is 0 Å². The second-order valence-corrected chi connectivity index (χ2v) is 26.6. The molecule has 1 aliphatic carbocycles. The Morgan fingerprint density at radius 3 is 1.72 bits per heavy atom. The zero-order valence-corrected chi connectivity index (χ0v) is 24.2. The van der Waals surface area contributed by atoms with Crippen LogP contribution in [0.25, 0.3) is 6.08 Å². The number of hydrogen-bond donors (Lipinski definition) is 0. The third-order valence-corrected chi connectivity index (χ3v) is 27.2. The standard InChI is InChI=1S/C15H20P.3C4H9.Sn/c1-11(2)16(12(3)4)15-10-9-13-7-5-6-8-14(13)15;3*1-3-4-2;/h5-9,11-12,15H,1-4H3;3*1,3-4H2,2H3;. The number of unbranched alkanes of at least 4 members (excludes halogenated alkanes) is 3. The summed E-state index contributed by atoms with van der Waals surface area (Å²) in [4.78, 5) is 0. The Kier molecular flexibility index (Phi) is 10.8. The fraction of sp³-hybridized carbons (Fsp3) is 0.704. The van der Waals surface area contributed by atoms with Crippen LogP contribution in [0.1, 0.15) is 104 Å². The Bertz CT molecular complexity index is 616. The van der Waals surface area contributed by atoms with E-state index in [2.05, 4.69) is 78.8 Å². The van der Waals surface area contributed by atoms with Crippen LogP contribution in [0, 0.1) is 0 Å². The van der Waals surface area contributed by atoms with Crippen LogP contribution in [0.4, 0.5) is 0 Å². The first kappa shape index (κ1) is 25.4. The molecule has 0 heterocycles. The third kappa shape index (κ3) is 6.12. The van der Waals surface area contributed by atoms with Crippen LogP contribution in [0.15, 0.2) is 27.9 Å². The Balaban J connectivity index is 2.60. The summed E-state index contributed by atoms with van der Waals surface area (Å²) in [6.45, 7) is 17.2. The molecule has 0 saturated carbocycles. The van der Waals surface area contributed by atoms with Crippen molar-refractivity contribution in [3.63, 3.8) is 0 Å². The Morgan fingerprint density at radius 2 is 1.28 bits per heavy atom.